The zero-order valence-electron chi connectivity index (χ0n) is 7.25. The van der Waals surface area contributed by atoms with Gasteiger partial charge in [-0.3, -0.25) is 4.98 Å². The molecule has 4 nitrogen and oxygen atoms in total. The zero-order chi connectivity index (χ0) is 10.1. The maximum Gasteiger partial charge on any atom is 0.508 e. The molecule has 0 fully saturated rings. The Bertz CT molecular complexity index is 473. The van der Waals surface area contributed by atoms with Crippen LogP contribution in [0, 0.1) is 0 Å². The molecule has 70 valence electrons. The fourth-order valence-electron chi connectivity index (χ4n) is 1.27. The highest BCUT2D eigenvalue weighted by molar-refractivity contribution is 6.57. The van der Waals surface area contributed by atoms with Crippen LogP contribution in [0.1, 0.15) is 0 Å². The van der Waals surface area contributed by atoms with E-state index in [0.717, 1.165) is 5.39 Å². The second kappa shape index (κ2) is 3.28. The van der Waals surface area contributed by atoms with Gasteiger partial charge in [0.1, 0.15) is 5.75 Å². The van der Waals surface area contributed by atoms with E-state index in [4.69, 9.17) is 10.0 Å². The summed E-state index contributed by atoms with van der Waals surface area (Å²) in [6.07, 6.45) is 0. The van der Waals surface area contributed by atoms with E-state index in [-0.39, 0.29) is 11.3 Å². The van der Waals surface area contributed by atoms with Gasteiger partial charge in [0.15, 0.2) is 0 Å². The second-order valence-electron chi connectivity index (χ2n) is 2.99. The van der Waals surface area contributed by atoms with Crippen LogP contribution in [0.15, 0.2) is 30.3 Å². The molecule has 0 bridgehead atoms. The molecule has 1 aromatic carbocycles. The molecule has 0 unspecified atom stereocenters. The van der Waals surface area contributed by atoms with Crippen LogP contribution in [-0.2, 0) is 0 Å². The van der Waals surface area contributed by atoms with Crippen molar-refractivity contribution >= 4 is 23.6 Å². The van der Waals surface area contributed by atoms with E-state index in [1.807, 2.05) is 0 Å². The predicted octanol–water partition coefficient (Wildman–Crippen LogP) is -0.380. The van der Waals surface area contributed by atoms with Gasteiger partial charge in [-0.15, -0.1) is 0 Å². The molecule has 0 aliphatic rings. The van der Waals surface area contributed by atoms with E-state index in [0.29, 0.717) is 5.52 Å². The smallest absolute Gasteiger partial charge is 0.508 e. The molecule has 0 aliphatic heterocycles. The van der Waals surface area contributed by atoms with E-state index >= 15 is 0 Å². The van der Waals surface area contributed by atoms with Crippen LogP contribution in [0.4, 0.5) is 0 Å². The molecule has 14 heavy (non-hydrogen) atoms. The molecule has 1 aromatic heterocycles. The highest BCUT2D eigenvalue weighted by Gasteiger charge is 2.12. The Labute approximate surface area is 80.6 Å². The molecule has 3 N–H and O–H groups in total. The lowest BCUT2D eigenvalue weighted by molar-refractivity contribution is 0.424. The van der Waals surface area contributed by atoms with Crippen molar-refractivity contribution < 1.29 is 15.2 Å². The van der Waals surface area contributed by atoms with Gasteiger partial charge in [0.2, 0.25) is 0 Å². The quantitative estimate of drug-likeness (QED) is 0.534. The number of aromatic nitrogens is 1. The van der Waals surface area contributed by atoms with Gasteiger partial charge in [-0.25, -0.2) is 0 Å². The number of phenolic OH excluding ortho intramolecular Hbond substituents is 1. The van der Waals surface area contributed by atoms with Crippen LogP contribution in [0.5, 0.6) is 5.75 Å². The standard InChI is InChI=1S/C9H8BNO3/c12-7-3-1-6-2-4-9(10(13)14)11-8(6)5-7/h1-5,12-14H. The van der Waals surface area contributed by atoms with E-state index < -0.39 is 7.12 Å². The number of aromatic hydroxyl groups is 1. The van der Waals surface area contributed by atoms with E-state index in [1.54, 1.807) is 18.2 Å². The first-order chi connectivity index (χ1) is 6.66. The number of pyridine rings is 1. The van der Waals surface area contributed by atoms with Crippen molar-refractivity contribution in [1.82, 2.24) is 4.98 Å². The molecule has 0 amide bonds. The third-order valence-corrected chi connectivity index (χ3v) is 1.96. The van der Waals surface area contributed by atoms with Crippen molar-refractivity contribution in [3.63, 3.8) is 0 Å². The zero-order valence-corrected chi connectivity index (χ0v) is 7.25. The summed E-state index contributed by atoms with van der Waals surface area (Å²) in [7, 11) is -1.58. The minimum atomic E-state index is -1.58. The predicted molar refractivity (Wildman–Crippen MR) is 53.2 cm³/mol. The molecular formula is C9H8BNO3. The number of nitrogens with zero attached hydrogens (tertiary/aromatic N) is 1. The van der Waals surface area contributed by atoms with Crippen molar-refractivity contribution in [3.05, 3.63) is 30.3 Å². The van der Waals surface area contributed by atoms with Crippen molar-refractivity contribution in [2.75, 3.05) is 0 Å². The Morgan fingerprint density at radius 2 is 1.79 bits per heavy atom. The summed E-state index contributed by atoms with van der Waals surface area (Å²) in [6, 6.07) is 7.99. The topological polar surface area (TPSA) is 73.6 Å². The van der Waals surface area contributed by atoms with Crippen molar-refractivity contribution in [1.29, 1.82) is 0 Å². The maximum atomic E-state index is 9.19. The van der Waals surface area contributed by atoms with Gasteiger partial charge in [0.05, 0.1) is 11.1 Å². The summed E-state index contributed by atoms with van der Waals surface area (Å²) in [5, 5.41) is 27.8. The molecule has 0 saturated carbocycles. The molecule has 0 atom stereocenters. The summed E-state index contributed by atoms with van der Waals surface area (Å²) < 4.78 is 0. The number of benzene rings is 1. The van der Waals surface area contributed by atoms with Gasteiger partial charge in [0, 0.05) is 11.5 Å². The Morgan fingerprint density at radius 1 is 1.07 bits per heavy atom. The lowest BCUT2D eigenvalue weighted by Gasteiger charge is -2.01. The summed E-state index contributed by atoms with van der Waals surface area (Å²) in [6.45, 7) is 0. The van der Waals surface area contributed by atoms with E-state index in [2.05, 4.69) is 4.98 Å². The highest BCUT2D eigenvalue weighted by atomic mass is 16.4. The largest absolute Gasteiger partial charge is 0.508 e. The van der Waals surface area contributed by atoms with Gasteiger partial charge < -0.3 is 15.2 Å². The second-order valence-corrected chi connectivity index (χ2v) is 2.99. The minimum absolute atomic E-state index is 0.106. The molecule has 2 aromatic rings. The van der Waals surface area contributed by atoms with Crippen LogP contribution in [-0.4, -0.2) is 27.3 Å². The molecule has 0 aliphatic carbocycles. The molecule has 0 radical (unpaired) electrons. The van der Waals surface area contributed by atoms with Crippen molar-refractivity contribution in [3.8, 4) is 5.75 Å². The number of fused-ring (bicyclic) bond motifs is 1. The lowest BCUT2D eigenvalue weighted by atomic mass is 9.85. The summed E-state index contributed by atoms with van der Waals surface area (Å²) in [5.41, 5.74) is 0.707. The normalized spacial score (nSPS) is 10.4. The third-order valence-electron chi connectivity index (χ3n) is 1.96. The third kappa shape index (κ3) is 1.55. The Morgan fingerprint density at radius 3 is 2.50 bits per heavy atom. The molecule has 1 heterocycles. The van der Waals surface area contributed by atoms with Gasteiger partial charge in [-0.05, 0) is 18.2 Å². The fourth-order valence-corrected chi connectivity index (χ4v) is 1.27. The first kappa shape index (κ1) is 8.99. The van der Waals surface area contributed by atoms with Crippen molar-refractivity contribution in [2.24, 2.45) is 0 Å². The van der Waals surface area contributed by atoms with Crippen LogP contribution in [0.2, 0.25) is 0 Å². The van der Waals surface area contributed by atoms with Crippen LogP contribution in [0.3, 0.4) is 0 Å². The number of hydrogen-bond acceptors (Lipinski definition) is 4. The highest BCUT2D eigenvalue weighted by Crippen LogP contribution is 2.16. The van der Waals surface area contributed by atoms with Gasteiger partial charge >= 0.3 is 7.12 Å². The molecule has 5 heteroatoms. The Hall–Kier alpha value is -1.59. The Balaban J connectivity index is 2.63. The van der Waals surface area contributed by atoms with E-state index in [9.17, 15) is 5.11 Å². The van der Waals surface area contributed by atoms with Gasteiger partial charge in [-0.1, -0.05) is 6.07 Å². The van der Waals surface area contributed by atoms with Crippen LogP contribution >= 0.6 is 0 Å². The number of phenols is 1. The summed E-state index contributed by atoms with van der Waals surface area (Å²) in [5.74, 6) is 0.106. The number of rotatable bonds is 1. The summed E-state index contributed by atoms with van der Waals surface area (Å²) in [4.78, 5) is 3.98. The maximum absolute atomic E-state index is 9.19. The average molecular weight is 189 g/mol. The molecule has 0 spiro atoms. The number of hydrogen-bond donors (Lipinski definition) is 3. The van der Waals surface area contributed by atoms with Crippen LogP contribution < -0.4 is 5.59 Å². The minimum Gasteiger partial charge on any atom is -0.508 e. The lowest BCUT2D eigenvalue weighted by Crippen LogP contribution is -2.32. The van der Waals surface area contributed by atoms with Crippen molar-refractivity contribution in [2.45, 2.75) is 0 Å². The monoisotopic (exact) mass is 189 g/mol. The van der Waals surface area contributed by atoms with Crippen LogP contribution in [0.25, 0.3) is 10.9 Å². The fraction of sp³-hybridized carbons (Fsp3) is 0. The first-order valence-electron chi connectivity index (χ1n) is 4.12. The van der Waals surface area contributed by atoms with Gasteiger partial charge in [-0.2, -0.15) is 0 Å². The average Bonchev–Trinajstić information content (AvgIpc) is 2.16. The van der Waals surface area contributed by atoms with Gasteiger partial charge in [0.25, 0.3) is 0 Å². The summed E-state index contributed by atoms with van der Waals surface area (Å²) >= 11 is 0. The van der Waals surface area contributed by atoms with E-state index in [1.165, 1.54) is 12.1 Å². The first-order valence-corrected chi connectivity index (χ1v) is 4.12. The molecular weight excluding hydrogens is 181 g/mol. The Kier molecular flexibility index (Phi) is 2.11. The SMILES string of the molecule is OB(O)c1ccc2ccc(O)cc2n1. The molecule has 0 saturated heterocycles. The molecule has 2 rings (SSSR count).